The number of hydrogen-bond donors (Lipinski definition) is 0. The fourth-order valence-corrected chi connectivity index (χ4v) is 10.5. The van der Waals surface area contributed by atoms with Gasteiger partial charge in [-0.1, -0.05) is 147 Å². The van der Waals surface area contributed by atoms with Gasteiger partial charge < -0.3 is 0 Å². The third-order valence-electron chi connectivity index (χ3n) is 11.7. The molecule has 0 saturated heterocycles. The summed E-state index contributed by atoms with van der Waals surface area (Å²) in [6.45, 7) is 7.00. The topological polar surface area (TPSA) is 0 Å². The lowest BCUT2D eigenvalue weighted by atomic mass is 9.81. The van der Waals surface area contributed by atoms with Gasteiger partial charge in [0.15, 0.2) is 0 Å². The Morgan fingerprint density at radius 3 is 2.06 bits per heavy atom. The van der Waals surface area contributed by atoms with E-state index < -0.39 is 0 Å². The minimum atomic E-state index is -0.0687. The van der Waals surface area contributed by atoms with Crippen LogP contribution in [0.1, 0.15) is 55.9 Å². The lowest BCUT2D eigenvalue weighted by molar-refractivity contribution is 0.660. The first-order chi connectivity index (χ1) is 25.5. The van der Waals surface area contributed by atoms with Gasteiger partial charge in [-0.3, -0.25) is 0 Å². The van der Waals surface area contributed by atoms with Crippen LogP contribution in [0, 0.1) is 0 Å². The van der Waals surface area contributed by atoms with Crippen molar-refractivity contribution in [1.29, 1.82) is 0 Å². The van der Waals surface area contributed by atoms with E-state index in [1.54, 1.807) is 0 Å². The number of hydrogen-bond acceptors (Lipinski definition) is 1. The normalized spacial score (nSPS) is 16.9. The maximum atomic E-state index is 2.51. The highest BCUT2D eigenvalue weighted by molar-refractivity contribution is 7.25. The molecule has 1 heterocycles. The SMILES string of the molecule is CC=C1/C(=C\Cc2cccc(-c3c4ccccc4c(C4=CC=CCC4)c4ccccc34)c2)c2c(ccc3cc4sc5ccccc5c4cc23)C1(C)C. The molecule has 2 aliphatic rings. The molecule has 52 heavy (non-hydrogen) atoms. The van der Waals surface area contributed by atoms with Crippen LogP contribution in [0.3, 0.4) is 0 Å². The molecule has 0 fully saturated rings. The first-order valence-electron chi connectivity index (χ1n) is 18.7. The summed E-state index contributed by atoms with van der Waals surface area (Å²) in [7, 11) is 0. The minimum absolute atomic E-state index is 0.0687. The van der Waals surface area contributed by atoms with Crippen molar-refractivity contribution in [1.82, 2.24) is 0 Å². The van der Waals surface area contributed by atoms with Crippen LogP contribution in [-0.2, 0) is 11.8 Å². The summed E-state index contributed by atoms with van der Waals surface area (Å²) < 4.78 is 2.72. The predicted molar refractivity (Wildman–Crippen MR) is 229 cm³/mol. The molecule has 1 heteroatoms. The summed E-state index contributed by atoms with van der Waals surface area (Å²) in [5.41, 5.74) is 12.3. The molecule has 0 spiro atoms. The van der Waals surface area contributed by atoms with Crippen molar-refractivity contribution < 1.29 is 0 Å². The van der Waals surface area contributed by atoms with Crippen LogP contribution in [0.4, 0.5) is 0 Å². The van der Waals surface area contributed by atoms with Gasteiger partial charge in [0.1, 0.15) is 0 Å². The van der Waals surface area contributed by atoms with E-state index in [2.05, 4.69) is 172 Å². The average molecular weight is 685 g/mol. The summed E-state index contributed by atoms with van der Waals surface area (Å²) in [6.07, 6.45) is 14.7. The number of allylic oxidation sites excluding steroid dienone is 8. The molecule has 0 radical (unpaired) electrons. The molecular weight excluding hydrogens is 645 g/mol. The lowest BCUT2D eigenvalue weighted by Crippen LogP contribution is -2.14. The molecule has 0 unspecified atom stereocenters. The van der Waals surface area contributed by atoms with Gasteiger partial charge in [-0.25, -0.2) is 0 Å². The van der Waals surface area contributed by atoms with Crippen LogP contribution in [-0.4, -0.2) is 0 Å². The van der Waals surface area contributed by atoms with Crippen LogP contribution in [0.5, 0.6) is 0 Å². The fraction of sp³-hybridized carbons (Fsp3) is 0.137. The van der Waals surface area contributed by atoms with Crippen LogP contribution < -0.4 is 0 Å². The number of rotatable bonds is 4. The number of fused-ring (bicyclic) bond motifs is 8. The molecule has 0 aliphatic heterocycles. The summed E-state index contributed by atoms with van der Waals surface area (Å²) in [6, 6.07) is 45.9. The van der Waals surface area contributed by atoms with Crippen molar-refractivity contribution in [3.05, 3.63) is 180 Å². The van der Waals surface area contributed by atoms with E-state index in [1.165, 1.54) is 103 Å². The molecule has 0 amide bonds. The van der Waals surface area contributed by atoms with Crippen LogP contribution >= 0.6 is 11.3 Å². The fourth-order valence-electron chi connectivity index (χ4n) is 9.37. The van der Waals surface area contributed by atoms with Crippen LogP contribution in [0.2, 0.25) is 0 Å². The van der Waals surface area contributed by atoms with Gasteiger partial charge in [0, 0.05) is 25.6 Å². The Bertz CT molecular complexity index is 2840. The molecule has 250 valence electrons. The standard InChI is InChI=1S/C51H40S/c1-4-44-41(50-42-31-43-36-19-12-13-24-46(36)52-47(43)30-34(42)26-28-45(50)51(44,2)3)27-25-32-15-14-18-35(29-32)49-39-22-10-8-20-37(39)48(33-16-6-5-7-17-33)38-21-9-11-23-40(38)49/h4-6,8-16,18-24,26-31H,7,17,25H2,1-3H3/b41-27+,44-4?. The van der Waals surface area contributed by atoms with E-state index in [9.17, 15) is 0 Å². The molecule has 7 aromatic carbocycles. The maximum Gasteiger partial charge on any atom is 0.0361 e. The lowest BCUT2D eigenvalue weighted by Gasteiger charge is -2.22. The number of benzene rings is 7. The zero-order valence-corrected chi connectivity index (χ0v) is 30.8. The molecule has 0 N–H and O–H groups in total. The highest BCUT2D eigenvalue weighted by Crippen LogP contribution is 2.53. The van der Waals surface area contributed by atoms with Gasteiger partial charge in [-0.15, -0.1) is 11.3 Å². The van der Waals surface area contributed by atoms with E-state index in [0.717, 1.165) is 19.3 Å². The van der Waals surface area contributed by atoms with E-state index in [4.69, 9.17) is 0 Å². The number of thiophene rings is 1. The van der Waals surface area contributed by atoms with Gasteiger partial charge in [-0.05, 0) is 127 Å². The maximum absolute atomic E-state index is 2.51. The monoisotopic (exact) mass is 684 g/mol. The van der Waals surface area contributed by atoms with Crippen molar-refractivity contribution >= 4 is 75.0 Å². The molecule has 1 aromatic heterocycles. The van der Waals surface area contributed by atoms with Gasteiger partial charge in [0.2, 0.25) is 0 Å². The predicted octanol–water partition coefficient (Wildman–Crippen LogP) is 14.8. The van der Waals surface area contributed by atoms with Gasteiger partial charge >= 0.3 is 0 Å². The Hall–Kier alpha value is -5.50. The molecule has 0 nitrogen and oxygen atoms in total. The second-order valence-electron chi connectivity index (χ2n) is 15.0. The molecular formula is C51H40S. The van der Waals surface area contributed by atoms with E-state index in [1.807, 2.05) is 11.3 Å². The highest BCUT2D eigenvalue weighted by atomic mass is 32.1. The zero-order chi connectivity index (χ0) is 35.0. The molecule has 0 bridgehead atoms. The first-order valence-corrected chi connectivity index (χ1v) is 19.5. The summed E-state index contributed by atoms with van der Waals surface area (Å²) in [5.74, 6) is 0. The van der Waals surface area contributed by atoms with Crippen molar-refractivity contribution in [3.63, 3.8) is 0 Å². The smallest absolute Gasteiger partial charge is 0.0361 e. The molecule has 2 aliphatic carbocycles. The summed E-state index contributed by atoms with van der Waals surface area (Å²) in [5, 5.41) is 10.7. The molecule has 8 aromatic rings. The van der Waals surface area contributed by atoms with Crippen molar-refractivity contribution in [3.8, 4) is 11.1 Å². The Kier molecular flexibility index (Phi) is 7.24. The Morgan fingerprint density at radius 2 is 1.35 bits per heavy atom. The molecule has 10 rings (SSSR count). The first kappa shape index (κ1) is 31.3. The van der Waals surface area contributed by atoms with Gasteiger partial charge in [-0.2, -0.15) is 0 Å². The largest absolute Gasteiger partial charge is 0.135 e. The zero-order valence-electron chi connectivity index (χ0n) is 30.0. The Balaban J connectivity index is 1.13. The Labute approximate surface area is 309 Å². The summed E-state index contributed by atoms with van der Waals surface area (Å²) in [4.78, 5) is 0. The molecule has 0 atom stereocenters. The average Bonchev–Trinajstić information content (AvgIpc) is 3.65. The summed E-state index contributed by atoms with van der Waals surface area (Å²) >= 11 is 1.90. The van der Waals surface area contributed by atoms with E-state index in [0.29, 0.717) is 0 Å². The second-order valence-corrected chi connectivity index (χ2v) is 16.1. The Morgan fingerprint density at radius 1 is 0.635 bits per heavy atom. The molecule has 0 saturated carbocycles. The van der Waals surface area contributed by atoms with Crippen molar-refractivity contribution in [2.24, 2.45) is 0 Å². The third-order valence-corrected chi connectivity index (χ3v) is 12.9. The quantitative estimate of drug-likeness (QED) is 0.162. The van der Waals surface area contributed by atoms with Crippen molar-refractivity contribution in [2.45, 2.75) is 45.4 Å². The minimum Gasteiger partial charge on any atom is -0.135 e. The van der Waals surface area contributed by atoms with Crippen molar-refractivity contribution in [2.75, 3.05) is 0 Å². The van der Waals surface area contributed by atoms with Crippen LogP contribution in [0.25, 0.3) is 74.8 Å². The highest BCUT2D eigenvalue weighted by Gasteiger charge is 2.38. The van der Waals surface area contributed by atoms with Gasteiger partial charge in [0.05, 0.1) is 0 Å². The van der Waals surface area contributed by atoms with Crippen LogP contribution in [0.15, 0.2) is 157 Å². The van der Waals surface area contributed by atoms with E-state index in [-0.39, 0.29) is 5.41 Å². The third kappa shape index (κ3) is 4.72. The van der Waals surface area contributed by atoms with Gasteiger partial charge in [0.25, 0.3) is 0 Å². The second kappa shape index (κ2) is 12.0. The van der Waals surface area contributed by atoms with E-state index >= 15 is 0 Å².